The fourth-order valence-electron chi connectivity index (χ4n) is 2.42. The fourth-order valence-corrected chi connectivity index (χ4v) is 4.21. The lowest BCUT2D eigenvalue weighted by Crippen LogP contribution is -2.22. The summed E-state index contributed by atoms with van der Waals surface area (Å²) in [5.41, 5.74) is 1.71. The van der Waals surface area contributed by atoms with Gasteiger partial charge in [0.15, 0.2) is 5.58 Å². The van der Waals surface area contributed by atoms with Crippen LogP contribution in [0.5, 0.6) is 0 Å². The zero-order valence-corrected chi connectivity index (χ0v) is 16.5. The number of thioether (sulfide) groups is 1. The zero-order chi connectivity index (χ0) is 19.8. The molecule has 1 atom stereocenters. The molecule has 0 radical (unpaired) electrons. The van der Waals surface area contributed by atoms with Gasteiger partial charge in [-0.2, -0.15) is 0 Å². The molecule has 8 nitrogen and oxygen atoms in total. The molecule has 0 unspecified atom stereocenters. The highest BCUT2D eigenvalue weighted by Crippen LogP contribution is 2.37. The van der Waals surface area contributed by atoms with Crippen molar-refractivity contribution < 1.29 is 17.8 Å². The molecular formula is C17H17N3O5S2. The molecule has 10 heteroatoms. The quantitative estimate of drug-likeness (QED) is 0.347. The van der Waals surface area contributed by atoms with Gasteiger partial charge in [0.25, 0.3) is 10.9 Å². The van der Waals surface area contributed by atoms with Crippen molar-refractivity contribution in [2.75, 3.05) is 14.1 Å². The molecule has 0 fully saturated rings. The van der Waals surface area contributed by atoms with Crippen molar-refractivity contribution in [3.05, 3.63) is 58.1 Å². The summed E-state index contributed by atoms with van der Waals surface area (Å²) in [7, 11) is -0.632. The van der Waals surface area contributed by atoms with Gasteiger partial charge in [-0.05, 0) is 30.7 Å². The molecule has 142 valence electrons. The molecule has 0 amide bonds. The summed E-state index contributed by atoms with van der Waals surface area (Å²) in [6, 6.07) is 10.9. The fraction of sp³-hybridized carbons (Fsp3) is 0.235. The van der Waals surface area contributed by atoms with E-state index in [1.54, 1.807) is 18.2 Å². The Kier molecular flexibility index (Phi) is 5.22. The van der Waals surface area contributed by atoms with Gasteiger partial charge in [0.05, 0.1) is 9.82 Å². The highest BCUT2D eigenvalue weighted by Gasteiger charge is 2.20. The Bertz CT molecular complexity index is 1110. The minimum Gasteiger partial charge on any atom is -0.431 e. The average molecular weight is 407 g/mol. The Labute approximate surface area is 160 Å². The maximum absolute atomic E-state index is 12.2. The third kappa shape index (κ3) is 3.97. The molecule has 0 saturated carbocycles. The third-order valence-electron chi connectivity index (χ3n) is 3.95. The van der Waals surface area contributed by atoms with E-state index in [9.17, 15) is 18.5 Å². The van der Waals surface area contributed by atoms with Gasteiger partial charge in [0, 0.05) is 31.5 Å². The number of oxazole rings is 1. The van der Waals surface area contributed by atoms with Crippen molar-refractivity contribution in [3.8, 4) is 0 Å². The van der Waals surface area contributed by atoms with E-state index in [-0.39, 0.29) is 15.8 Å². The maximum Gasteiger partial charge on any atom is 0.269 e. The van der Waals surface area contributed by atoms with Crippen LogP contribution >= 0.6 is 11.8 Å². The van der Waals surface area contributed by atoms with Gasteiger partial charge < -0.3 is 4.42 Å². The van der Waals surface area contributed by atoms with Crippen molar-refractivity contribution in [2.45, 2.75) is 22.3 Å². The Morgan fingerprint density at radius 2 is 1.96 bits per heavy atom. The number of sulfonamides is 1. The largest absolute Gasteiger partial charge is 0.431 e. The smallest absolute Gasteiger partial charge is 0.269 e. The van der Waals surface area contributed by atoms with E-state index in [1.165, 1.54) is 50.1 Å². The van der Waals surface area contributed by atoms with Crippen LogP contribution in [0.3, 0.4) is 0 Å². The topological polar surface area (TPSA) is 107 Å². The van der Waals surface area contributed by atoms with E-state index in [0.717, 1.165) is 9.87 Å². The summed E-state index contributed by atoms with van der Waals surface area (Å²) in [4.78, 5) is 15.0. The second-order valence-electron chi connectivity index (χ2n) is 6.01. The van der Waals surface area contributed by atoms with Crippen molar-refractivity contribution in [2.24, 2.45) is 0 Å². The summed E-state index contributed by atoms with van der Waals surface area (Å²) in [6.45, 7) is 1.89. The lowest BCUT2D eigenvalue weighted by molar-refractivity contribution is -0.384. The lowest BCUT2D eigenvalue weighted by atomic mass is 10.1. The van der Waals surface area contributed by atoms with E-state index in [1.807, 2.05) is 6.92 Å². The molecule has 0 spiro atoms. The number of hydrogen-bond donors (Lipinski definition) is 0. The standard InChI is InChI=1S/C17H17N3O5S2/c1-11(12-5-4-6-13(9-12)20(21)22)26-17-18-15-10-14(7-8-16(15)25-17)27(23,24)19(2)3/h4-11H,1-3H3/t11-/m1/s1. The van der Waals surface area contributed by atoms with Crippen LogP contribution in [-0.2, 0) is 10.0 Å². The first-order valence-corrected chi connectivity index (χ1v) is 10.2. The van der Waals surface area contributed by atoms with Gasteiger partial charge in [-0.1, -0.05) is 23.9 Å². The zero-order valence-electron chi connectivity index (χ0n) is 14.8. The molecule has 2 aromatic carbocycles. The summed E-state index contributed by atoms with van der Waals surface area (Å²) in [5, 5.41) is 11.2. The van der Waals surface area contributed by atoms with Crippen LogP contribution in [0.15, 0.2) is 57.0 Å². The monoisotopic (exact) mass is 407 g/mol. The molecule has 1 aromatic heterocycles. The van der Waals surface area contributed by atoms with Crippen LogP contribution < -0.4 is 0 Å². The average Bonchev–Trinajstić information content (AvgIpc) is 3.02. The number of rotatable bonds is 6. The van der Waals surface area contributed by atoms with Crippen LogP contribution in [0.2, 0.25) is 0 Å². The van der Waals surface area contributed by atoms with E-state index in [0.29, 0.717) is 16.3 Å². The summed E-state index contributed by atoms with van der Waals surface area (Å²) in [6.07, 6.45) is 0. The number of nitrogens with zero attached hydrogens (tertiary/aromatic N) is 3. The predicted octanol–water partition coefficient (Wildman–Crippen LogP) is 3.84. The number of hydrogen-bond acceptors (Lipinski definition) is 7. The van der Waals surface area contributed by atoms with E-state index in [4.69, 9.17) is 4.42 Å². The lowest BCUT2D eigenvalue weighted by Gasteiger charge is -2.10. The van der Waals surface area contributed by atoms with Crippen LogP contribution in [0.4, 0.5) is 5.69 Å². The summed E-state index contributed by atoms with van der Waals surface area (Å²) < 4.78 is 31.3. The van der Waals surface area contributed by atoms with Crippen LogP contribution in [-0.4, -0.2) is 36.7 Å². The Morgan fingerprint density at radius 1 is 1.22 bits per heavy atom. The number of benzene rings is 2. The molecule has 0 aliphatic carbocycles. The minimum absolute atomic E-state index is 0.0241. The molecule has 3 aromatic rings. The molecule has 27 heavy (non-hydrogen) atoms. The number of fused-ring (bicyclic) bond motifs is 1. The van der Waals surface area contributed by atoms with Crippen molar-refractivity contribution in [3.63, 3.8) is 0 Å². The van der Waals surface area contributed by atoms with E-state index in [2.05, 4.69) is 4.98 Å². The maximum atomic E-state index is 12.2. The van der Waals surface area contributed by atoms with Crippen molar-refractivity contribution in [1.82, 2.24) is 9.29 Å². The van der Waals surface area contributed by atoms with Crippen LogP contribution in [0.25, 0.3) is 11.1 Å². The molecular weight excluding hydrogens is 390 g/mol. The Hall–Kier alpha value is -2.43. The van der Waals surface area contributed by atoms with Gasteiger partial charge in [-0.25, -0.2) is 17.7 Å². The van der Waals surface area contributed by atoms with E-state index < -0.39 is 14.9 Å². The second-order valence-corrected chi connectivity index (χ2v) is 9.45. The normalized spacial score (nSPS) is 13.2. The summed E-state index contributed by atoms with van der Waals surface area (Å²) >= 11 is 1.30. The van der Waals surface area contributed by atoms with Crippen LogP contribution in [0.1, 0.15) is 17.7 Å². The van der Waals surface area contributed by atoms with Crippen LogP contribution in [0, 0.1) is 10.1 Å². The van der Waals surface area contributed by atoms with Gasteiger partial charge in [-0.15, -0.1) is 0 Å². The van der Waals surface area contributed by atoms with Gasteiger partial charge in [-0.3, -0.25) is 10.1 Å². The molecule has 1 heterocycles. The van der Waals surface area contributed by atoms with Crippen molar-refractivity contribution in [1.29, 1.82) is 0 Å². The third-order valence-corrected chi connectivity index (χ3v) is 6.76. The molecule has 0 saturated heterocycles. The number of non-ortho nitro benzene ring substituents is 1. The Balaban J connectivity index is 1.87. The first-order chi connectivity index (χ1) is 12.7. The first kappa shape index (κ1) is 19.3. The minimum atomic E-state index is -3.56. The van der Waals surface area contributed by atoms with Gasteiger partial charge in [0.1, 0.15) is 5.52 Å². The summed E-state index contributed by atoms with van der Waals surface area (Å²) in [5.74, 6) is 0. The second kappa shape index (κ2) is 7.29. The highest BCUT2D eigenvalue weighted by molar-refractivity contribution is 7.99. The number of nitro benzene ring substituents is 1. The number of nitro groups is 1. The van der Waals surface area contributed by atoms with Gasteiger partial charge in [0.2, 0.25) is 10.0 Å². The molecule has 0 aliphatic heterocycles. The molecule has 0 bridgehead atoms. The molecule has 0 aliphatic rings. The molecule has 0 N–H and O–H groups in total. The predicted molar refractivity (Wildman–Crippen MR) is 102 cm³/mol. The SMILES string of the molecule is C[C@@H](Sc1nc2cc(S(=O)(=O)N(C)C)ccc2o1)c1cccc([N+](=O)[O-])c1. The molecule has 3 rings (SSSR count). The van der Waals surface area contributed by atoms with Gasteiger partial charge >= 0.3 is 0 Å². The number of aromatic nitrogens is 1. The first-order valence-electron chi connectivity index (χ1n) is 7.92. The Morgan fingerprint density at radius 3 is 2.63 bits per heavy atom. The highest BCUT2D eigenvalue weighted by atomic mass is 32.2. The van der Waals surface area contributed by atoms with E-state index >= 15 is 0 Å². The van der Waals surface area contributed by atoms with Crippen molar-refractivity contribution >= 4 is 38.6 Å².